The van der Waals surface area contributed by atoms with E-state index in [0.29, 0.717) is 17.9 Å². The Labute approximate surface area is 122 Å². The zero-order valence-corrected chi connectivity index (χ0v) is 13.0. The van der Waals surface area contributed by atoms with Crippen LogP contribution in [0.25, 0.3) is 0 Å². The number of guanidine groups is 1. The Hall–Kier alpha value is -0.810. The SMILES string of the molecule is CC(C)C(CN=C(N)NCC1CCC1)N1CCOCC1. The van der Waals surface area contributed by atoms with Crippen LogP contribution in [0.5, 0.6) is 0 Å². The van der Waals surface area contributed by atoms with Gasteiger partial charge in [0.15, 0.2) is 5.96 Å². The van der Waals surface area contributed by atoms with E-state index >= 15 is 0 Å². The van der Waals surface area contributed by atoms with Crippen molar-refractivity contribution in [3.63, 3.8) is 0 Å². The van der Waals surface area contributed by atoms with Gasteiger partial charge in [-0.15, -0.1) is 0 Å². The van der Waals surface area contributed by atoms with Crippen molar-refractivity contribution in [2.75, 3.05) is 39.4 Å². The van der Waals surface area contributed by atoms with Crippen LogP contribution in [0.2, 0.25) is 0 Å². The Kier molecular flexibility index (Phi) is 6.10. The summed E-state index contributed by atoms with van der Waals surface area (Å²) >= 11 is 0. The molecule has 1 atom stereocenters. The summed E-state index contributed by atoms with van der Waals surface area (Å²) in [7, 11) is 0. The average Bonchev–Trinajstić information content (AvgIpc) is 2.38. The summed E-state index contributed by atoms with van der Waals surface area (Å²) in [5, 5.41) is 3.27. The van der Waals surface area contributed by atoms with E-state index in [1.54, 1.807) is 0 Å². The van der Waals surface area contributed by atoms with E-state index in [1.165, 1.54) is 19.3 Å². The van der Waals surface area contributed by atoms with Gasteiger partial charge in [-0.05, 0) is 24.7 Å². The Morgan fingerprint density at radius 1 is 1.35 bits per heavy atom. The van der Waals surface area contributed by atoms with Crippen molar-refractivity contribution >= 4 is 5.96 Å². The molecular weight excluding hydrogens is 252 g/mol. The quantitative estimate of drug-likeness (QED) is 0.564. The molecule has 116 valence electrons. The fourth-order valence-corrected chi connectivity index (χ4v) is 2.85. The lowest BCUT2D eigenvalue weighted by Crippen LogP contribution is -2.48. The number of nitrogens with one attached hydrogen (secondary N) is 1. The van der Waals surface area contributed by atoms with Gasteiger partial charge < -0.3 is 15.8 Å². The van der Waals surface area contributed by atoms with Gasteiger partial charge in [0.1, 0.15) is 0 Å². The van der Waals surface area contributed by atoms with Crippen molar-refractivity contribution in [3.05, 3.63) is 0 Å². The fraction of sp³-hybridized carbons (Fsp3) is 0.933. The highest BCUT2D eigenvalue weighted by molar-refractivity contribution is 5.77. The van der Waals surface area contributed by atoms with Gasteiger partial charge in [0, 0.05) is 25.7 Å². The second kappa shape index (κ2) is 7.84. The van der Waals surface area contributed by atoms with E-state index in [4.69, 9.17) is 10.5 Å². The maximum atomic E-state index is 5.97. The van der Waals surface area contributed by atoms with Crippen molar-refractivity contribution in [2.24, 2.45) is 22.6 Å². The Bertz CT molecular complexity index is 309. The molecule has 5 heteroatoms. The first-order chi connectivity index (χ1) is 9.66. The van der Waals surface area contributed by atoms with Gasteiger partial charge in [0.2, 0.25) is 0 Å². The zero-order chi connectivity index (χ0) is 14.4. The molecule has 1 aliphatic heterocycles. The molecule has 1 heterocycles. The number of rotatable bonds is 6. The minimum atomic E-state index is 0.461. The lowest BCUT2D eigenvalue weighted by Gasteiger charge is -2.36. The molecule has 5 nitrogen and oxygen atoms in total. The van der Waals surface area contributed by atoms with E-state index in [9.17, 15) is 0 Å². The molecule has 0 aromatic rings. The molecule has 0 spiro atoms. The highest BCUT2D eigenvalue weighted by atomic mass is 16.5. The molecular formula is C15H30N4O. The molecule has 0 bridgehead atoms. The number of nitrogens with two attached hydrogens (primary N) is 1. The van der Waals surface area contributed by atoms with Gasteiger partial charge >= 0.3 is 0 Å². The summed E-state index contributed by atoms with van der Waals surface area (Å²) in [6, 6.07) is 0.461. The van der Waals surface area contributed by atoms with Crippen LogP contribution in [0, 0.1) is 11.8 Å². The normalized spacial score (nSPS) is 23.6. The maximum absolute atomic E-state index is 5.97. The van der Waals surface area contributed by atoms with E-state index in [1.807, 2.05) is 0 Å². The molecule has 2 aliphatic rings. The second-order valence-corrected chi connectivity index (χ2v) is 6.36. The third-order valence-corrected chi connectivity index (χ3v) is 4.53. The Balaban J connectivity index is 1.77. The fourth-order valence-electron chi connectivity index (χ4n) is 2.85. The van der Waals surface area contributed by atoms with Gasteiger partial charge in [0.05, 0.1) is 19.8 Å². The molecule has 1 aliphatic carbocycles. The van der Waals surface area contributed by atoms with Crippen molar-refractivity contribution < 1.29 is 4.74 Å². The summed E-state index contributed by atoms with van der Waals surface area (Å²) in [6.45, 7) is 9.97. The lowest BCUT2D eigenvalue weighted by molar-refractivity contribution is 0.00868. The molecule has 2 rings (SSSR count). The molecule has 3 N–H and O–H groups in total. The third-order valence-electron chi connectivity index (χ3n) is 4.53. The molecule has 1 saturated carbocycles. The van der Waals surface area contributed by atoms with Crippen LogP contribution in [-0.4, -0.2) is 56.3 Å². The summed E-state index contributed by atoms with van der Waals surface area (Å²) in [5.41, 5.74) is 5.97. The van der Waals surface area contributed by atoms with Gasteiger partial charge in [-0.2, -0.15) is 0 Å². The first kappa shape index (κ1) is 15.6. The molecule has 1 unspecified atom stereocenters. The van der Waals surface area contributed by atoms with Gasteiger partial charge in [-0.3, -0.25) is 9.89 Å². The standard InChI is InChI=1S/C15H30N4O/c1-12(2)14(19-6-8-20-9-7-19)11-18-15(16)17-10-13-4-3-5-13/h12-14H,3-11H2,1-2H3,(H3,16,17,18). The predicted molar refractivity (Wildman–Crippen MR) is 82.9 cm³/mol. The van der Waals surface area contributed by atoms with Gasteiger partial charge in [-0.25, -0.2) is 0 Å². The minimum Gasteiger partial charge on any atom is -0.379 e. The highest BCUT2D eigenvalue weighted by Gasteiger charge is 2.23. The van der Waals surface area contributed by atoms with Crippen LogP contribution in [0.15, 0.2) is 4.99 Å². The van der Waals surface area contributed by atoms with Crippen LogP contribution in [-0.2, 0) is 4.74 Å². The van der Waals surface area contributed by atoms with Crippen molar-refractivity contribution in [1.82, 2.24) is 10.2 Å². The number of ether oxygens (including phenoxy) is 1. The van der Waals surface area contributed by atoms with Crippen LogP contribution < -0.4 is 11.1 Å². The van der Waals surface area contributed by atoms with Crippen LogP contribution in [0.3, 0.4) is 0 Å². The number of aliphatic imine (C=N–C) groups is 1. The number of hydrogen-bond acceptors (Lipinski definition) is 3. The molecule has 0 aromatic heterocycles. The maximum Gasteiger partial charge on any atom is 0.188 e. The second-order valence-electron chi connectivity index (χ2n) is 6.36. The first-order valence-corrected chi connectivity index (χ1v) is 8.02. The van der Waals surface area contributed by atoms with Crippen molar-refractivity contribution in [1.29, 1.82) is 0 Å². The summed E-state index contributed by atoms with van der Waals surface area (Å²) in [5.74, 6) is 2.00. The zero-order valence-electron chi connectivity index (χ0n) is 13.0. The minimum absolute atomic E-state index is 0.461. The third kappa shape index (κ3) is 4.63. The van der Waals surface area contributed by atoms with Crippen LogP contribution in [0.1, 0.15) is 33.1 Å². The number of nitrogens with zero attached hydrogens (tertiary/aromatic N) is 2. The highest BCUT2D eigenvalue weighted by Crippen LogP contribution is 2.25. The lowest BCUT2D eigenvalue weighted by atomic mass is 9.85. The van der Waals surface area contributed by atoms with Crippen molar-refractivity contribution in [3.8, 4) is 0 Å². The topological polar surface area (TPSA) is 62.9 Å². The molecule has 0 amide bonds. The van der Waals surface area contributed by atoms with E-state index in [0.717, 1.165) is 45.3 Å². The van der Waals surface area contributed by atoms with E-state index < -0.39 is 0 Å². The summed E-state index contributed by atoms with van der Waals surface area (Å²) in [4.78, 5) is 7.04. The van der Waals surface area contributed by atoms with Crippen LogP contribution in [0.4, 0.5) is 0 Å². The van der Waals surface area contributed by atoms with Crippen LogP contribution >= 0.6 is 0 Å². The molecule has 2 fully saturated rings. The largest absolute Gasteiger partial charge is 0.379 e. The predicted octanol–water partition coefficient (Wildman–Crippen LogP) is 1.05. The molecule has 20 heavy (non-hydrogen) atoms. The van der Waals surface area contributed by atoms with E-state index in [-0.39, 0.29) is 0 Å². The Morgan fingerprint density at radius 3 is 2.60 bits per heavy atom. The van der Waals surface area contributed by atoms with Gasteiger partial charge in [-0.1, -0.05) is 20.3 Å². The number of hydrogen-bond donors (Lipinski definition) is 2. The molecule has 0 aromatic carbocycles. The number of morpholine rings is 1. The average molecular weight is 282 g/mol. The monoisotopic (exact) mass is 282 g/mol. The van der Waals surface area contributed by atoms with Crippen molar-refractivity contribution in [2.45, 2.75) is 39.2 Å². The first-order valence-electron chi connectivity index (χ1n) is 8.02. The summed E-state index contributed by atoms with van der Waals surface area (Å²) in [6.07, 6.45) is 4.04. The Morgan fingerprint density at radius 2 is 2.05 bits per heavy atom. The van der Waals surface area contributed by atoms with E-state index in [2.05, 4.69) is 29.1 Å². The summed E-state index contributed by atoms with van der Waals surface area (Å²) < 4.78 is 5.42. The molecule has 1 saturated heterocycles. The molecule has 0 radical (unpaired) electrons. The smallest absolute Gasteiger partial charge is 0.188 e. The van der Waals surface area contributed by atoms with Gasteiger partial charge in [0.25, 0.3) is 0 Å².